The summed E-state index contributed by atoms with van der Waals surface area (Å²) >= 11 is 0. The number of amides is 1. The summed E-state index contributed by atoms with van der Waals surface area (Å²) in [6.45, 7) is 0.396. The van der Waals surface area contributed by atoms with E-state index in [2.05, 4.69) is 10.6 Å². The molecule has 1 heterocycles. The van der Waals surface area contributed by atoms with Gasteiger partial charge in [0.15, 0.2) is 0 Å². The first-order valence-electron chi connectivity index (χ1n) is 5.62. The lowest BCUT2D eigenvalue weighted by Gasteiger charge is -2.11. The number of aliphatic hydroxyl groups excluding tert-OH is 1. The summed E-state index contributed by atoms with van der Waals surface area (Å²) in [7, 11) is 0. The summed E-state index contributed by atoms with van der Waals surface area (Å²) < 4.78 is 0. The molecular formula is C12H14N2O4. The van der Waals surface area contributed by atoms with E-state index in [1.165, 1.54) is 12.1 Å². The highest BCUT2D eigenvalue weighted by Gasteiger charge is 2.27. The fourth-order valence-corrected chi connectivity index (χ4v) is 1.88. The number of β-amino-alcohol motifs (C(OH)–C–C–N with tert-alkyl or cyclic N) is 1. The van der Waals surface area contributed by atoms with Crippen molar-refractivity contribution in [1.29, 1.82) is 0 Å². The van der Waals surface area contributed by atoms with E-state index in [0.29, 0.717) is 18.7 Å². The van der Waals surface area contributed by atoms with Gasteiger partial charge in [-0.1, -0.05) is 6.07 Å². The summed E-state index contributed by atoms with van der Waals surface area (Å²) in [6, 6.07) is 5.60. The van der Waals surface area contributed by atoms with Crippen LogP contribution in [0.5, 0.6) is 0 Å². The van der Waals surface area contributed by atoms with Crippen LogP contribution in [0.25, 0.3) is 0 Å². The van der Waals surface area contributed by atoms with Crippen molar-refractivity contribution in [2.45, 2.75) is 18.6 Å². The van der Waals surface area contributed by atoms with Crippen molar-refractivity contribution in [2.75, 3.05) is 11.9 Å². The number of hydrogen-bond acceptors (Lipinski definition) is 4. The second kappa shape index (κ2) is 5.16. The van der Waals surface area contributed by atoms with Crippen molar-refractivity contribution in [3.05, 3.63) is 29.8 Å². The number of anilines is 1. The minimum Gasteiger partial charge on any atom is -0.478 e. The second-order valence-corrected chi connectivity index (χ2v) is 4.23. The van der Waals surface area contributed by atoms with E-state index in [9.17, 15) is 14.7 Å². The largest absolute Gasteiger partial charge is 0.478 e. The lowest BCUT2D eigenvalue weighted by Crippen LogP contribution is -2.35. The standard InChI is InChI=1S/C12H14N2O4/c15-9-5-10(13-6-9)11(16)14-8-3-1-2-7(4-8)12(17)18/h1-4,9-10,13,15H,5-6H2,(H,14,16)(H,17,18)/t9-,10-/m0/s1. The summed E-state index contributed by atoms with van der Waals surface area (Å²) in [4.78, 5) is 22.6. The van der Waals surface area contributed by atoms with E-state index in [-0.39, 0.29) is 11.5 Å². The zero-order chi connectivity index (χ0) is 13.1. The van der Waals surface area contributed by atoms with E-state index < -0.39 is 18.1 Å². The molecule has 0 radical (unpaired) electrons. The molecule has 1 aliphatic heterocycles. The van der Waals surface area contributed by atoms with Crippen LogP contribution in [-0.2, 0) is 4.79 Å². The van der Waals surface area contributed by atoms with Gasteiger partial charge < -0.3 is 20.8 Å². The Morgan fingerprint density at radius 1 is 1.39 bits per heavy atom. The maximum atomic E-state index is 11.8. The predicted octanol–water partition coefficient (Wildman–Crippen LogP) is 0.0461. The molecule has 0 aliphatic carbocycles. The average molecular weight is 250 g/mol. The number of nitrogens with one attached hydrogen (secondary N) is 2. The van der Waals surface area contributed by atoms with Crippen LogP contribution >= 0.6 is 0 Å². The molecule has 0 unspecified atom stereocenters. The van der Waals surface area contributed by atoms with Crippen LogP contribution in [0.3, 0.4) is 0 Å². The van der Waals surface area contributed by atoms with Gasteiger partial charge in [-0.25, -0.2) is 4.79 Å². The molecule has 96 valence electrons. The molecule has 18 heavy (non-hydrogen) atoms. The Morgan fingerprint density at radius 3 is 2.78 bits per heavy atom. The second-order valence-electron chi connectivity index (χ2n) is 4.23. The molecule has 0 spiro atoms. The third kappa shape index (κ3) is 2.85. The highest BCUT2D eigenvalue weighted by molar-refractivity contribution is 5.96. The maximum absolute atomic E-state index is 11.8. The number of aliphatic hydroxyl groups is 1. The molecule has 1 fully saturated rings. The fraction of sp³-hybridized carbons (Fsp3) is 0.333. The number of carbonyl (C=O) groups excluding carboxylic acids is 1. The molecule has 2 rings (SSSR count). The molecule has 6 heteroatoms. The van der Waals surface area contributed by atoms with Crippen molar-refractivity contribution in [3.8, 4) is 0 Å². The third-order valence-electron chi connectivity index (χ3n) is 2.80. The van der Waals surface area contributed by atoms with Gasteiger partial charge in [-0.3, -0.25) is 4.79 Å². The average Bonchev–Trinajstić information content (AvgIpc) is 2.76. The SMILES string of the molecule is O=C(O)c1cccc(NC(=O)[C@@H]2C[C@H](O)CN2)c1. The molecule has 6 nitrogen and oxygen atoms in total. The summed E-state index contributed by atoms with van der Waals surface area (Å²) in [5.74, 6) is -1.31. The van der Waals surface area contributed by atoms with Crippen molar-refractivity contribution in [2.24, 2.45) is 0 Å². The topological polar surface area (TPSA) is 98.7 Å². The summed E-state index contributed by atoms with van der Waals surface area (Å²) in [5, 5.41) is 23.7. The van der Waals surface area contributed by atoms with Crippen LogP contribution in [0, 0.1) is 0 Å². The number of hydrogen-bond donors (Lipinski definition) is 4. The quantitative estimate of drug-likeness (QED) is 0.607. The highest BCUT2D eigenvalue weighted by atomic mass is 16.4. The zero-order valence-electron chi connectivity index (χ0n) is 9.59. The normalized spacial score (nSPS) is 22.7. The van der Waals surface area contributed by atoms with Gasteiger partial charge in [0.2, 0.25) is 5.91 Å². The van der Waals surface area contributed by atoms with E-state index in [4.69, 9.17) is 5.11 Å². The van der Waals surface area contributed by atoms with Crippen molar-refractivity contribution in [3.63, 3.8) is 0 Å². The van der Waals surface area contributed by atoms with Crippen LogP contribution in [-0.4, -0.2) is 40.8 Å². The molecule has 1 saturated heterocycles. The smallest absolute Gasteiger partial charge is 0.335 e. The van der Waals surface area contributed by atoms with Gasteiger partial charge in [0.1, 0.15) is 0 Å². The molecule has 0 saturated carbocycles. The number of rotatable bonds is 3. The first-order chi connectivity index (χ1) is 8.56. The first-order valence-corrected chi connectivity index (χ1v) is 5.62. The van der Waals surface area contributed by atoms with Gasteiger partial charge in [0.25, 0.3) is 0 Å². The minimum absolute atomic E-state index is 0.118. The van der Waals surface area contributed by atoms with E-state index in [0.717, 1.165) is 0 Å². The number of benzene rings is 1. The van der Waals surface area contributed by atoms with Gasteiger partial charge in [0, 0.05) is 12.2 Å². The Hall–Kier alpha value is -1.92. The van der Waals surface area contributed by atoms with Crippen LogP contribution < -0.4 is 10.6 Å². The van der Waals surface area contributed by atoms with E-state index >= 15 is 0 Å². The van der Waals surface area contributed by atoms with Crippen LogP contribution in [0.4, 0.5) is 5.69 Å². The predicted molar refractivity (Wildman–Crippen MR) is 64.4 cm³/mol. The lowest BCUT2D eigenvalue weighted by atomic mass is 10.1. The Kier molecular flexibility index (Phi) is 3.59. The zero-order valence-corrected chi connectivity index (χ0v) is 9.59. The van der Waals surface area contributed by atoms with Crippen molar-refractivity contribution < 1.29 is 19.8 Å². The molecule has 2 atom stereocenters. The monoisotopic (exact) mass is 250 g/mol. The number of carboxylic acids is 1. The number of carboxylic acid groups (broad SMARTS) is 1. The van der Waals surface area contributed by atoms with Gasteiger partial charge in [0.05, 0.1) is 17.7 Å². The first kappa shape index (κ1) is 12.5. The van der Waals surface area contributed by atoms with Crippen molar-refractivity contribution >= 4 is 17.6 Å². The minimum atomic E-state index is -1.04. The molecule has 4 N–H and O–H groups in total. The number of carbonyl (C=O) groups is 2. The van der Waals surface area contributed by atoms with Crippen LogP contribution in [0.15, 0.2) is 24.3 Å². The highest BCUT2D eigenvalue weighted by Crippen LogP contribution is 2.13. The van der Waals surface area contributed by atoms with Gasteiger partial charge in [-0.15, -0.1) is 0 Å². The Bertz CT molecular complexity index is 475. The van der Waals surface area contributed by atoms with Crippen LogP contribution in [0.2, 0.25) is 0 Å². The maximum Gasteiger partial charge on any atom is 0.335 e. The van der Waals surface area contributed by atoms with Gasteiger partial charge in [-0.05, 0) is 24.6 Å². The van der Waals surface area contributed by atoms with E-state index in [1.54, 1.807) is 12.1 Å². The molecule has 1 aromatic rings. The number of aromatic carboxylic acids is 1. The van der Waals surface area contributed by atoms with Crippen molar-refractivity contribution in [1.82, 2.24) is 5.32 Å². The Morgan fingerprint density at radius 2 is 2.17 bits per heavy atom. The Labute approximate surface area is 104 Å². The van der Waals surface area contributed by atoms with Gasteiger partial charge in [-0.2, -0.15) is 0 Å². The lowest BCUT2D eigenvalue weighted by molar-refractivity contribution is -0.117. The summed E-state index contributed by atoms with van der Waals surface area (Å²) in [6.07, 6.45) is -0.143. The van der Waals surface area contributed by atoms with Crippen LogP contribution in [0.1, 0.15) is 16.8 Å². The fourth-order valence-electron chi connectivity index (χ4n) is 1.88. The van der Waals surface area contributed by atoms with E-state index in [1.807, 2.05) is 0 Å². The third-order valence-corrected chi connectivity index (χ3v) is 2.80. The Balaban J connectivity index is 2.03. The molecular weight excluding hydrogens is 236 g/mol. The molecule has 1 aromatic carbocycles. The molecule has 1 aliphatic rings. The summed E-state index contributed by atoms with van der Waals surface area (Å²) in [5.41, 5.74) is 0.551. The molecule has 0 bridgehead atoms. The van der Waals surface area contributed by atoms with Gasteiger partial charge >= 0.3 is 5.97 Å². The molecule has 0 aromatic heterocycles. The molecule has 1 amide bonds.